The Hall–Kier alpha value is -4.04. The SMILES string of the molecule is CC1(C)c2ccccc2Nc2c1c1c3ccccc3n(-c3ccccc3)c1c1ccccc21. The van der Waals surface area contributed by atoms with Crippen LogP contribution in [0.15, 0.2) is 103 Å². The first kappa shape index (κ1) is 18.5. The number of aromatic nitrogens is 1. The number of hydrogen-bond donors (Lipinski definition) is 1. The average Bonchev–Trinajstić information content (AvgIpc) is 3.20. The van der Waals surface area contributed by atoms with Crippen LogP contribution >= 0.6 is 0 Å². The van der Waals surface area contributed by atoms with Crippen LogP contribution < -0.4 is 5.32 Å². The van der Waals surface area contributed by atoms with Crippen molar-refractivity contribution in [1.29, 1.82) is 0 Å². The molecule has 0 atom stereocenters. The normalized spacial score (nSPS) is 14.2. The van der Waals surface area contributed by atoms with Gasteiger partial charge in [0.2, 0.25) is 0 Å². The molecule has 2 nitrogen and oxygen atoms in total. The van der Waals surface area contributed by atoms with Crippen LogP contribution in [0.4, 0.5) is 11.4 Å². The molecule has 1 aliphatic heterocycles. The Balaban J connectivity index is 1.78. The third-order valence-electron chi connectivity index (χ3n) is 7.33. The predicted molar refractivity (Wildman–Crippen MR) is 140 cm³/mol. The average molecular weight is 425 g/mol. The van der Waals surface area contributed by atoms with Gasteiger partial charge in [0.1, 0.15) is 0 Å². The standard InChI is InChI=1S/C31H24N2/c1-31(2)24-17-9-10-18-25(24)32-29-21-14-6-7-15-22(21)30-27(28(29)31)23-16-8-11-19-26(23)33(30)20-12-4-3-5-13-20/h3-19,32H,1-2H3. The summed E-state index contributed by atoms with van der Waals surface area (Å²) in [6.07, 6.45) is 0. The number of benzene rings is 5. The molecule has 33 heavy (non-hydrogen) atoms. The second-order valence-electron chi connectivity index (χ2n) is 9.50. The number of hydrogen-bond acceptors (Lipinski definition) is 1. The van der Waals surface area contributed by atoms with Gasteiger partial charge in [-0.25, -0.2) is 0 Å². The molecule has 7 rings (SSSR count). The molecule has 0 radical (unpaired) electrons. The number of anilines is 2. The highest BCUT2D eigenvalue weighted by Crippen LogP contribution is 2.53. The van der Waals surface area contributed by atoms with E-state index in [1.807, 2.05) is 0 Å². The van der Waals surface area contributed by atoms with E-state index in [4.69, 9.17) is 0 Å². The van der Waals surface area contributed by atoms with E-state index in [2.05, 4.69) is 127 Å². The van der Waals surface area contributed by atoms with Crippen molar-refractivity contribution in [3.63, 3.8) is 0 Å². The van der Waals surface area contributed by atoms with Gasteiger partial charge in [0.15, 0.2) is 0 Å². The van der Waals surface area contributed by atoms with Gasteiger partial charge in [0.25, 0.3) is 0 Å². The molecule has 1 N–H and O–H groups in total. The van der Waals surface area contributed by atoms with Crippen LogP contribution in [0.5, 0.6) is 0 Å². The lowest BCUT2D eigenvalue weighted by Crippen LogP contribution is -2.26. The van der Waals surface area contributed by atoms with Crippen molar-refractivity contribution in [1.82, 2.24) is 4.57 Å². The van der Waals surface area contributed by atoms with Crippen LogP contribution in [-0.2, 0) is 5.41 Å². The maximum absolute atomic E-state index is 3.84. The van der Waals surface area contributed by atoms with Gasteiger partial charge in [-0.1, -0.05) is 92.7 Å². The summed E-state index contributed by atoms with van der Waals surface area (Å²) in [5.74, 6) is 0. The maximum Gasteiger partial charge on any atom is 0.0624 e. The summed E-state index contributed by atoms with van der Waals surface area (Å²) in [7, 11) is 0. The summed E-state index contributed by atoms with van der Waals surface area (Å²) in [6.45, 7) is 4.74. The smallest absolute Gasteiger partial charge is 0.0624 e. The molecule has 0 fully saturated rings. The maximum atomic E-state index is 3.84. The van der Waals surface area contributed by atoms with Crippen molar-refractivity contribution in [2.75, 3.05) is 5.32 Å². The molecule has 0 unspecified atom stereocenters. The summed E-state index contributed by atoms with van der Waals surface area (Å²) in [5.41, 5.74) is 8.72. The highest BCUT2D eigenvalue weighted by atomic mass is 15.0. The molecule has 0 spiro atoms. The van der Waals surface area contributed by atoms with Crippen LogP contribution in [0.2, 0.25) is 0 Å². The molecule has 0 aliphatic carbocycles. The second kappa shape index (κ2) is 6.49. The zero-order valence-electron chi connectivity index (χ0n) is 18.8. The number of para-hydroxylation sites is 3. The number of rotatable bonds is 1. The fourth-order valence-corrected chi connectivity index (χ4v) is 5.92. The zero-order valence-corrected chi connectivity index (χ0v) is 18.8. The molecule has 158 valence electrons. The highest BCUT2D eigenvalue weighted by molar-refractivity contribution is 6.24. The monoisotopic (exact) mass is 424 g/mol. The van der Waals surface area contributed by atoms with Crippen molar-refractivity contribution >= 4 is 44.0 Å². The van der Waals surface area contributed by atoms with Gasteiger partial charge in [0.05, 0.1) is 16.7 Å². The molecule has 0 bridgehead atoms. The Morgan fingerprint density at radius 3 is 2.09 bits per heavy atom. The van der Waals surface area contributed by atoms with E-state index in [1.165, 1.54) is 60.8 Å². The molecule has 6 aromatic rings. The summed E-state index contributed by atoms with van der Waals surface area (Å²) in [4.78, 5) is 0. The van der Waals surface area contributed by atoms with E-state index in [-0.39, 0.29) is 5.41 Å². The Morgan fingerprint density at radius 2 is 1.27 bits per heavy atom. The minimum Gasteiger partial charge on any atom is -0.354 e. The fourth-order valence-electron chi connectivity index (χ4n) is 5.92. The first-order chi connectivity index (χ1) is 16.2. The van der Waals surface area contributed by atoms with Crippen molar-refractivity contribution in [3.05, 3.63) is 114 Å². The van der Waals surface area contributed by atoms with Gasteiger partial charge in [0, 0.05) is 38.3 Å². The van der Waals surface area contributed by atoms with E-state index in [0.717, 1.165) is 0 Å². The Kier molecular flexibility index (Phi) is 3.64. The van der Waals surface area contributed by atoms with Crippen molar-refractivity contribution in [2.24, 2.45) is 0 Å². The number of fused-ring (bicyclic) bond motifs is 9. The molecular weight excluding hydrogens is 400 g/mol. The van der Waals surface area contributed by atoms with Crippen LogP contribution in [0.25, 0.3) is 38.3 Å². The summed E-state index contributed by atoms with van der Waals surface area (Å²) in [6, 6.07) is 37.2. The first-order valence-electron chi connectivity index (χ1n) is 11.6. The molecule has 2 heteroatoms. The Labute approximate surface area is 193 Å². The van der Waals surface area contributed by atoms with Crippen LogP contribution in [-0.4, -0.2) is 4.57 Å². The summed E-state index contributed by atoms with van der Waals surface area (Å²) >= 11 is 0. The summed E-state index contributed by atoms with van der Waals surface area (Å²) in [5, 5.41) is 9.02. The molecule has 1 aliphatic rings. The lowest BCUT2D eigenvalue weighted by atomic mass is 9.72. The quantitative estimate of drug-likeness (QED) is 0.281. The molecule has 0 amide bonds. The molecular formula is C31H24N2. The molecule has 1 aromatic heterocycles. The van der Waals surface area contributed by atoms with Gasteiger partial charge < -0.3 is 9.88 Å². The van der Waals surface area contributed by atoms with Crippen molar-refractivity contribution in [3.8, 4) is 5.69 Å². The topological polar surface area (TPSA) is 17.0 Å². The Morgan fingerprint density at radius 1 is 0.636 bits per heavy atom. The minimum atomic E-state index is -0.148. The second-order valence-corrected chi connectivity index (χ2v) is 9.50. The van der Waals surface area contributed by atoms with E-state index < -0.39 is 0 Å². The predicted octanol–water partition coefficient (Wildman–Crippen LogP) is 8.32. The van der Waals surface area contributed by atoms with Crippen molar-refractivity contribution in [2.45, 2.75) is 19.3 Å². The highest BCUT2D eigenvalue weighted by Gasteiger charge is 2.37. The molecule has 0 saturated heterocycles. The van der Waals surface area contributed by atoms with Crippen LogP contribution in [0.3, 0.4) is 0 Å². The van der Waals surface area contributed by atoms with E-state index >= 15 is 0 Å². The summed E-state index contributed by atoms with van der Waals surface area (Å²) < 4.78 is 2.45. The third-order valence-corrected chi connectivity index (χ3v) is 7.33. The molecule has 0 saturated carbocycles. The zero-order chi connectivity index (χ0) is 22.2. The number of nitrogens with one attached hydrogen (secondary N) is 1. The fraction of sp³-hybridized carbons (Fsp3) is 0.0968. The van der Waals surface area contributed by atoms with E-state index in [0.29, 0.717) is 0 Å². The van der Waals surface area contributed by atoms with Gasteiger partial charge in [-0.05, 0) is 35.4 Å². The van der Waals surface area contributed by atoms with Gasteiger partial charge in [-0.15, -0.1) is 0 Å². The minimum absolute atomic E-state index is 0.148. The Bertz CT molecular complexity index is 1700. The lowest BCUT2D eigenvalue weighted by Gasteiger charge is -2.37. The van der Waals surface area contributed by atoms with E-state index in [9.17, 15) is 0 Å². The van der Waals surface area contributed by atoms with Gasteiger partial charge in [-0.2, -0.15) is 0 Å². The van der Waals surface area contributed by atoms with Gasteiger partial charge in [-0.3, -0.25) is 0 Å². The van der Waals surface area contributed by atoms with E-state index in [1.54, 1.807) is 0 Å². The third kappa shape index (κ3) is 2.38. The lowest BCUT2D eigenvalue weighted by molar-refractivity contribution is 0.645. The largest absolute Gasteiger partial charge is 0.354 e. The molecule has 2 heterocycles. The molecule has 5 aromatic carbocycles. The van der Waals surface area contributed by atoms with Crippen LogP contribution in [0.1, 0.15) is 25.0 Å². The van der Waals surface area contributed by atoms with Gasteiger partial charge >= 0.3 is 0 Å². The van der Waals surface area contributed by atoms with Crippen molar-refractivity contribution < 1.29 is 0 Å². The first-order valence-corrected chi connectivity index (χ1v) is 11.6. The number of nitrogens with zero attached hydrogens (tertiary/aromatic N) is 1. The van der Waals surface area contributed by atoms with Crippen LogP contribution in [0, 0.1) is 0 Å².